The van der Waals surface area contributed by atoms with Crippen LogP contribution in [0.25, 0.3) is 0 Å². The lowest BCUT2D eigenvalue weighted by atomic mass is 9.94. The number of rotatable bonds is 11. The summed E-state index contributed by atoms with van der Waals surface area (Å²) in [6.45, 7) is 3.11. The minimum absolute atomic E-state index is 0.0511. The minimum atomic E-state index is -1.45. The maximum Gasteiger partial charge on any atom is 0.418 e. The van der Waals surface area contributed by atoms with Gasteiger partial charge >= 0.3 is 12.2 Å². The molecule has 17 heteroatoms. The molecule has 0 unspecified atom stereocenters. The fourth-order valence-electron chi connectivity index (χ4n) is 13.6. The van der Waals surface area contributed by atoms with Gasteiger partial charge in [0.25, 0.3) is 11.8 Å². The van der Waals surface area contributed by atoms with Crippen molar-refractivity contribution in [3.8, 4) is 0 Å². The standard InChI is InChI=1S/C37H32FN3O4.C24H22BrFN2O4.C13H11N/c1-24-12-19-32(25-13-15-29(38)16-14-25)41(24)33(42)23-40-35(43)37(45-36(40)44)21-20-28-22-30(17-18-31(28)37)39-34(26-8-4-2-5-9-26)27-10-6-3-7-11-27;1-14-2-9-20(15-3-6-18(26)7-4-15)28(14)21(29)13-27-22(30)24(32-23(27)31)11-10-16-12-17(25)5-8-19(16)24;14-13(11-7-3-1-4-8-11)12-9-5-2-6-10-12/h2-11,13-18,22,24,32H,12,19-21,23H2,1H3;3-8,12,14,20H,2,9-11,13H2,1H3;1-10,14H/t24-,32-,37+;14-,20-,24+;/m00./s1. The fraction of sp³-hybridized carbons (Fsp3) is 0.243. The van der Waals surface area contributed by atoms with E-state index in [1.807, 2.05) is 166 Å². The Hall–Kier alpha value is -9.74. The number of hydrogen-bond acceptors (Lipinski definition) is 10. The zero-order valence-corrected chi connectivity index (χ0v) is 51.7. The molecule has 4 heterocycles. The first-order valence-electron chi connectivity index (χ1n) is 30.6. The summed E-state index contributed by atoms with van der Waals surface area (Å²) in [5.41, 5.74) is 8.03. The summed E-state index contributed by atoms with van der Waals surface area (Å²) in [6.07, 6.45) is 3.22. The van der Waals surface area contributed by atoms with Gasteiger partial charge in [0.2, 0.25) is 23.0 Å². The second-order valence-corrected chi connectivity index (χ2v) is 24.6. The molecule has 8 aromatic rings. The summed E-state index contributed by atoms with van der Waals surface area (Å²) in [7, 11) is 0. The van der Waals surface area contributed by atoms with Crippen molar-refractivity contribution in [1.29, 1.82) is 5.41 Å². The molecule has 14 nitrogen and oxygen atoms in total. The number of fused-ring (bicyclic) bond motifs is 4. The summed E-state index contributed by atoms with van der Waals surface area (Å²) >= 11 is 3.43. The number of amides is 6. The van der Waals surface area contributed by atoms with Gasteiger partial charge in [0, 0.05) is 51.7 Å². The predicted octanol–water partition coefficient (Wildman–Crippen LogP) is 14.4. The highest BCUT2D eigenvalue weighted by atomic mass is 79.9. The van der Waals surface area contributed by atoms with Gasteiger partial charge in [-0.05, 0) is 134 Å². The highest BCUT2D eigenvalue weighted by Crippen LogP contribution is 2.48. The Morgan fingerprint density at radius 2 is 0.901 bits per heavy atom. The molecule has 0 saturated carbocycles. The molecule has 2 aliphatic carbocycles. The molecule has 460 valence electrons. The van der Waals surface area contributed by atoms with Gasteiger partial charge in [0.05, 0.1) is 29.2 Å². The van der Waals surface area contributed by atoms with Crippen LogP contribution in [0.2, 0.25) is 0 Å². The Labute approximate surface area is 534 Å². The highest BCUT2D eigenvalue weighted by molar-refractivity contribution is 9.10. The highest BCUT2D eigenvalue weighted by Gasteiger charge is 2.60. The summed E-state index contributed by atoms with van der Waals surface area (Å²) in [6, 6.07) is 62.2. The molecule has 4 saturated heterocycles. The topological polar surface area (TPSA) is 170 Å². The first-order valence-corrected chi connectivity index (χ1v) is 31.4. The van der Waals surface area contributed by atoms with Gasteiger partial charge in [-0.15, -0.1) is 0 Å². The fourth-order valence-corrected chi connectivity index (χ4v) is 14.0. The number of aliphatic imine (C=N–C) groups is 1. The first kappa shape index (κ1) is 61.5. The van der Waals surface area contributed by atoms with Gasteiger partial charge in [-0.3, -0.25) is 24.6 Å². The van der Waals surface area contributed by atoms with Crippen LogP contribution in [0.3, 0.4) is 0 Å². The number of aryl methyl sites for hydroxylation is 2. The van der Waals surface area contributed by atoms with Gasteiger partial charge in [0.1, 0.15) is 24.7 Å². The number of carbonyl (C=O) groups excluding carboxylic acids is 6. The molecule has 8 aromatic carbocycles. The van der Waals surface area contributed by atoms with E-state index in [2.05, 4.69) is 15.9 Å². The second kappa shape index (κ2) is 26.0. The maximum atomic E-state index is 13.9. The lowest BCUT2D eigenvalue weighted by molar-refractivity contribution is -0.143. The molecule has 0 bridgehead atoms. The molecule has 4 aliphatic heterocycles. The summed E-state index contributed by atoms with van der Waals surface area (Å²) < 4.78 is 39.3. The molecule has 0 radical (unpaired) electrons. The van der Waals surface area contributed by atoms with Crippen LogP contribution in [0.15, 0.2) is 216 Å². The van der Waals surface area contributed by atoms with E-state index in [9.17, 15) is 37.5 Å². The van der Waals surface area contributed by atoms with Crippen molar-refractivity contribution in [2.75, 3.05) is 13.1 Å². The van der Waals surface area contributed by atoms with Gasteiger partial charge in [-0.2, -0.15) is 0 Å². The third-order valence-corrected chi connectivity index (χ3v) is 18.6. The number of likely N-dealkylation sites (tertiary alicyclic amines) is 2. The molecular formula is C74H65BrF2N6O8. The number of ether oxygens (including phenoxy) is 2. The molecular weight excluding hydrogens is 1220 g/mol. The van der Waals surface area contributed by atoms with Crippen LogP contribution in [0, 0.1) is 17.0 Å². The van der Waals surface area contributed by atoms with Crippen molar-refractivity contribution < 1.29 is 47.0 Å². The van der Waals surface area contributed by atoms with Crippen molar-refractivity contribution in [2.24, 2.45) is 4.99 Å². The van der Waals surface area contributed by atoms with Crippen molar-refractivity contribution in [1.82, 2.24) is 19.6 Å². The number of halogens is 3. The first-order chi connectivity index (χ1) is 44.0. The zero-order valence-electron chi connectivity index (χ0n) is 50.1. The molecule has 6 atom stereocenters. The molecule has 14 rings (SSSR count). The van der Waals surface area contributed by atoms with E-state index in [0.717, 1.165) is 95.9 Å². The van der Waals surface area contributed by atoms with Crippen molar-refractivity contribution >= 4 is 68.9 Å². The van der Waals surface area contributed by atoms with E-state index in [1.165, 1.54) is 24.3 Å². The Balaban J connectivity index is 0.000000150. The Morgan fingerprint density at radius 3 is 1.32 bits per heavy atom. The number of carbonyl (C=O) groups is 6. The summed E-state index contributed by atoms with van der Waals surface area (Å²) in [5, 5.41) is 7.97. The van der Waals surface area contributed by atoms with Crippen LogP contribution in [0.4, 0.5) is 24.1 Å². The Morgan fingerprint density at radius 1 is 0.516 bits per heavy atom. The molecule has 0 aromatic heterocycles. The smallest absolute Gasteiger partial charge is 0.418 e. The monoisotopic (exact) mass is 1280 g/mol. The van der Waals surface area contributed by atoms with E-state index >= 15 is 0 Å². The number of benzene rings is 8. The van der Waals surface area contributed by atoms with Gasteiger partial charge in [0.15, 0.2) is 0 Å². The lowest BCUT2D eigenvalue weighted by Gasteiger charge is -2.30. The molecule has 91 heavy (non-hydrogen) atoms. The number of nitrogens with one attached hydrogen (secondary N) is 1. The molecule has 6 aliphatic rings. The van der Waals surface area contributed by atoms with E-state index < -0.39 is 41.7 Å². The van der Waals surface area contributed by atoms with E-state index in [4.69, 9.17) is 19.9 Å². The number of imide groups is 2. The van der Waals surface area contributed by atoms with Crippen LogP contribution >= 0.6 is 15.9 Å². The molecule has 6 amide bonds. The van der Waals surface area contributed by atoms with Crippen molar-refractivity contribution in [3.05, 3.63) is 278 Å². The normalized spacial score (nSPS) is 21.8. The lowest BCUT2D eigenvalue weighted by Crippen LogP contribution is -2.46. The largest absolute Gasteiger partial charge is 0.427 e. The molecule has 4 fully saturated rings. The van der Waals surface area contributed by atoms with Crippen molar-refractivity contribution in [2.45, 2.75) is 101 Å². The maximum absolute atomic E-state index is 13.9. The SMILES string of the molecule is C[C@H]1CC[C@@H](c2ccc(F)cc2)N1C(=O)CN1C(=O)O[C@@]2(CCc3cc(Br)ccc32)C1=O.C[C@H]1CC[C@@H](c2ccc(F)cc2)N1C(=O)CN1C(=O)O[C@@]2(CCc3cc(N=C(c4ccccc4)c4ccccc4)ccc32)C1=O.N=C(c1ccccc1)c1ccccc1. The average molecular weight is 1280 g/mol. The molecule has 2 spiro atoms. The van der Waals surface area contributed by atoms with E-state index in [1.54, 1.807) is 40.1 Å². The second-order valence-electron chi connectivity index (χ2n) is 23.7. The van der Waals surface area contributed by atoms with Gasteiger partial charge in [-0.25, -0.2) is 33.2 Å². The zero-order chi connectivity index (χ0) is 63.6. The average Bonchev–Trinajstić information content (AvgIpc) is 1.59. The predicted molar refractivity (Wildman–Crippen MR) is 343 cm³/mol. The number of hydrogen-bond donors (Lipinski definition) is 1. The Bertz CT molecular complexity index is 4040. The van der Waals surface area contributed by atoms with Gasteiger partial charge in [-0.1, -0.05) is 174 Å². The van der Waals surface area contributed by atoms with Crippen LogP contribution in [0.1, 0.15) is 120 Å². The Kier molecular flexibility index (Phi) is 17.6. The molecule has 1 N–H and O–H groups in total. The van der Waals surface area contributed by atoms with Crippen LogP contribution in [0.5, 0.6) is 0 Å². The summed E-state index contributed by atoms with van der Waals surface area (Å²) in [5.74, 6) is -2.34. The summed E-state index contributed by atoms with van der Waals surface area (Å²) in [4.78, 5) is 90.3. The van der Waals surface area contributed by atoms with Crippen molar-refractivity contribution in [3.63, 3.8) is 0 Å². The van der Waals surface area contributed by atoms with Crippen LogP contribution in [-0.2, 0) is 52.7 Å². The third kappa shape index (κ3) is 12.3. The number of nitrogens with zero attached hydrogens (tertiary/aromatic N) is 5. The van der Waals surface area contributed by atoms with Gasteiger partial charge < -0.3 is 19.3 Å². The van der Waals surface area contributed by atoms with Crippen LogP contribution in [-0.4, -0.2) is 92.0 Å². The quantitative estimate of drug-likeness (QED) is 0.125. The van der Waals surface area contributed by atoms with E-state index in [0.29, 0.717) is 42.5 Å². The van der Waals surface area contributed by atoms with E-state index in [-0.39, 0.29) is 54.2 Å². The third-order valence-electron chi connectivity index (χ3n) is 18.1. The minimum Gasteiger partial charge on any atom is -0.427 e. The van der Waals surface area contributed by atoms with Crippen LogP contribution < -0.4 is 0 Å².